The maximum absolute atomic E-state index is 12.5. The minimum absolute atomic E-state index is 0.00455. The SMILES string of the molecule is Cc1[nH]nc(CN)c1S(=O)(=O)Nc1ccc(Br)c(Cl)c1Cl. The highest BCUT2D eigenvalue weighted by Gasteiger charge is 2.25. The van der Waals surface area contributed by atoms with E-state index in [1.165, 1.54) is 6.07 Å². The van der Waals surface area contributed by atoms with Crippen LogP contribution < -0.4 is 10.5 Å². The van der Waals surface area contributed by atoms with Gasteiger partial charge in [0.05, 0.1) is 27.1 Å². The van der Waals surface area contributed by atoms with Crippen LogP contribution in [-0.4, -0.2) is 18.6 Å². The molecule has 21 heavy (non-hydrogen) atoms. The second-order valence-electron chi connectivity index (χ2n) is 4.16. The smallest absolute Gasteiger partial charge is 0.265 e. The summed E-state index contributed by atoms with van der Waals surface area (Å²) >= 11 is 15.2. The van der Waals surface area contributed by atoms with E-state index in [4.69, 9.17) is 28.9 Å². The minimum Gasteiger partial charge on any atom is -0.325 e. The largest absolute Gasteiger partial charge is 0.325 e. The quantitative estimate of drug-likeness (QED) is 0.670. The maximum Gasteiger partial charge on any atom is 0.265 e. The van der Waals surface area contributed by atoms with E-state index >= 15 is 0 Å². The number of aryl methyl sites for hydroxylation is 1. The standard InChI is InChI=1S/C11H11BrCl2N4O2S/c1-5-11(8(4-15)17-16-5)21(19,20)18-7-3-2-6(12)9(13)10(7)14/h2-3,18H,4,15H2,1H3,(H,16,17). The van der Waals surface area contributed by atoms with Gasteiger partial charge in [-0.25, -0.2) is 8.42 Å². The molecule has 2 rings (SSSR count). The molecule has 0 saturated heterocycles. The summed E-state index contributed by atoms with van der Waals surface area (Å²) in [6, 6.07) is 3.10. The van der Waals surface area contributed by atoms with Crippen LogP contribution in [0, 0.1) is 6.92 Å². The number of H-pyrrole nitrogens is 1. The Morgan fingerprint density at radius 3 is 2.67 bits per heavy atom. The topological polar surface area (TPSA) is 101 Å². The van der Waals surface area contributed by atoms with Crippen molar-refractivity contribution in [3.63, 3.8) is 0 Å². The number of nitrogens with zero attached hydrogens (tertiary/aromatic N) is 1. The van der Waals surface area contributed by atoms with Gasteiger partial charge in [-0.15, -0.1) is 0 Å². The van der Waals surface area contributed by atoms with Crippen molar-refractivity contribution in [2.45, 2.75) is 18.4 Å². The number of hydrogen-bond donors (Lipinski definition) is 3. The second kappa shape index (κ2) is 6.13. The van der Waals surface area contributed by atoms with Crippen molar-refractivity contribution < 1.29 is 8.42 Å². The van der Waals surface area contributed by atoms with Crippen LogP contribution in [0.4, 0.5) is 5.69 Å². The van der Waals surface area contributed by atoms with Gasteiger partial charge in [0.2, 0.25) is 0 Å². The molecule has 1 aromatic heterocycles. The number of nitrogens with one attached hydrogen (secondary N) is 2. The average Bonchev–Trinajstić information content (AvgIpc) is 2.81. The summed E-state index contributed by atoms with van der Waals surface area (Å²) in [4.78, 5) is 0.0140. The van der Waals surface area contributed by atoms with E-state index in [1.807, 2.05) is 0 Å². The van der Waals surface area contributed by atoms with Gasteiger partial charge in [-0.2, -0.15) is 5.10 Å². The van der Waals surface area contributed by atoms with E-state index in [2.05, 4.69) is 30.8 Å². The first-order valence-electron chi connectivity index (χ1n) is 5.68. The Hall–Kier alpha value is -0.800. The lowest BCUT2D eigenvalue weighted by Crippen LogP contribution is -2.16. The molecule has 0 amide bonds. The molecule has 2 aromatic rings. The third-order valence-corrected chi connectivity index (χ3v) is 6.04. The highest BCUT2D eigenvalue weighted by Crippen LogP contribution is 2.37. The van der Waals surface area contributed by atoms with E-state index in [9.17, 15) is 8.42 Å². The third-order valence-electron chi connectivity index (χ3n) is 2.70. The highest BCUT2D eigenvalue weighted by molar-refractivity contribution is 9.10. The number of halogens is 3. The molecule has 0 unspecified atom stereocenters. The molecule has 0 radical (unpaired) electrons. The Morgan fingerprint density at radius 1 is 1.38 bits per heavy atom. The predicted molar refractivity (Wildman–Crippen MR) is 86.2 cm³/mol. The monoisotopic (exact) mass is 412 g/mol. The van der Waals surface area contributed by atoms with Crippen molar-refractivity contribution in [2.24, 2.45) is 5.73 Å². The lowest BCUT2D eigenvalue weighted by molar-refractivity contribution is 0.599. The number of nitrogens with two attached hydrogens (primary N) is 1. The van der Waals surface area contributed by atoms with Crippen molar-refractivity contribution in [1.82, 2.24) is 10.2 Å². The molecule has 0 aliphatic rings. The summed E-state index contributed by atoms with van der Waals surface area (Å²) in [5, 5.41) is 6.78. The lowest BCUT2D eigenvalue weighted by atomic mass is 10.3. The van der Waals surface area contributed by atoms with E-state index in [-0.39, 0.29) is 32.9 Å². The number of rotatable bonds is 4. The number of sulfonamides is 1. The Labute approximate surface area is 140 Å². The fourth-order valence-corrected chi connectivity index (χ4v) is 4.09. The first kappa shape index (κ1) is 16.6. The molecule has 4 N–H and O–H groups in total. The molecule has 1 heterocycles. The average molecular weight is 414 g/mol. The van der Waals surface area contributed by atoms with Crippen LogP contribution in [0.1, 0.15) is 11.4 Å². The van der Waals surface area contributed by atoms with Gasteiger partial charge in [0.15, 0.2) is 0 Å². The third kappa shape index (κ3) is 3.19. The van der Waals surface area contributed by atoms with Crippen LogP contribution in [0.2, 0.25) is 10.0 Å². The molecule has 0 spiro atoms. The number of aromatic amines is 1. The van der Waals surface area contributed by atoms with Crippen LogP contribution in [0.5, 0.6) is 0 Å². The van der Waals surface area contributed by atoms with Gasteiger partial charge in [-0.05, 0) is 35.0 Å². The van der Waals surface area contributed by atoms with Gasteiger partial charge in [0.25, 0.3) is 10.0 Å². The van der Waals surface area contributed by atoms with Crippen molar-refractivity contribution in [2.75, 3.05) is 4.72 Å². The molecule has 0 aliphatic carbocycles. The normalized spacial score (nSPS) is 11.7. The van der Waals surface area contributed by atoms with Crippen LogP contribution in [0.25, 0.3) is 0 Å². The van der Waals surface area contributed by atoms with E-state index < -0.39 is 10.0 Å². The number of hydrogen-bond acceptors (Lipinski definition) is 4. The Bertz CT molecular complexity index is 792. The molecule has 6 nitrogen and oxygen atoms in total. The Kier molecular flexibility index (Phi) is 4.84. The van der Waals surface area contributed by atoms with Crippen molar-refractivity contribution in [1.29, 1.82) is 0 Å². The molecule has 114 valence electrons. The van der Waals surface area contributed by atoms with Gasteiger partial charge in [-0.1, -0.05) is 23.2 Å². The van der Waals surface area contributed by atoms with E-state index in [0.29, 0.717) is 10.2 Å². The molecule has 0 bridgehead atoms. The predicted octanol–water partition coefficient (Wildman–Crippen LogP) is 3.05. The Balaban J connectivity index is 2.48. The van der Waals surface area contributed by atoms with Gasteiger partial charge < -0.3 is 5.73 Å². The summed E-state index contributed by atoms with van der Waals surface area (Å²) in [6.07, 6.45) is 0. The number of aromatic nitrogens is 2. The Morgan fingerprint density at radius 2 is 2.05 bits per heavy atom. The van der Waals surface area contributed by atoms with Crippen LogP contribution in [0.3, 0.4) is 0 Å². The van der Waals surface area contributed by atoms with Crippen LogP contribution in [-0.2, 0) is 16.6 Å². The fraction of sp³-hybridized carbons (Fsp3) is 0.182. The van der Waals surface area contributed by atoms with Crippen LogP contribution >= 0.6 is 39.1 Å². The molecular formula is C11H11BrCl2N4O2S. The van der Waals surface area contributed by atoms with Crippen molar-refractivity contribution in [3.8, 4) is 0 Å². The first-order valence-corrected chi connectivity index (χ1v) is 8.71. The summed E-state index contributed by atoms with van der Waals surface area (Å²) in [5.41, 5.74) is 6.31. The fourth-order valence-electron chi connectivity index (χ4n) is 1.76. The van der Waals surface area contributed by atoms with Gasteiger partial charge >= 0.3 is 0 Å². The van der Waals surface area contributed by atoms with Crippen LogP contribution in [0.15, 0.2) is 21.5 Å². The van der Waals surface area contributed by atoms with Gasteiger partial charge in [0, 0.05) is 11.0 Å². The van der Waals surface area contributed by atoms with Gasteiger partial charge in [-0.3, -0.25) is 9.82 Å². The van der Waals surface area contributed by atoms with E-state index in [0.717, 1.165) is 0 Å². The minimum atomic E-state index is -3.88. The molecule has 0 atom stereocenters. The molecule has 10 heteroatoms. The number of anilines is 1. The van der Waals surface area contributed by atoms with Crippen molar-refractivity contribution >= 4 is 54.8 Å². The second-order valence-corrected chi connectivity index (χ2v) is 7.39. The molecule has 0 aliphatic heterocycles. The molecular weight excluding hydrogens is 403 g/mol. The zero-order chi connectivity index (χ0) is 15.8. The molecule has 0 saturated carbocycles. The number of benzene rings is 1. The van der Waals surface area contributed by atoms with Crippen molar-refractivity contribution in [3.05, 3.63) is 38.0 Å². The highest BCUT2D eigenvalue weighted by atomic mass is 79.9. The zero-order valence-electron chi connectivity index (χ0n) is 10.7. The first-order chi connectivity index (χ1) is 9.77. The summed E-state index contributed by atoms with van der Waals surface area (Å²) in [5.74, 6) is 0. The molecule has 1 aromatic carbocycles. The lowest BCUT2D eigenvalue weighted by Gasteiger charge is -2.11. The summed E-state index contributed by atoms with van der Waals surface area (Å²) in [7, 11) is -3.88. The van der Waals surface area contributed by atoms with E-state index in [1.54, 1.807) is 13.0 Å². The molecule has 0 fully saturated rings. The summed E-state index contributed by atoms with van der Waals surface area (Å²) in [6.45, 7) is 1.59. The zero-order valence-corrected chi connectivity index (χ0v) is 14.7. The summed E-state index contributed by atoms with van der Waals surface area (Å²) < 4.78 is 27.9. The van der Waals surface area contributed by atoms with Gasteiger partial charge in [0.1, 0.15) is 4.90 Å². The maximum atomic E-state index is 12.5.